The number of halogens is 1. The molecule has 0 unspecified atom stereocenters. The Morgan fingerprint density at radius 1 is 0.941 bits per heavy atom. The summed E-state index contributed by atoms with van der Waals surface area (Å²) in [5, 5.41) is 0. The predicted octanol–water partition coefficient (Wildman–Crippen LogP) is 5.10. The second-order valence-corrected chi connectivity index (χ2v) is 5.43. The van der Waals surface area contributed by atoms with Crippen molar-refractivity contribution in [3.8, 4) is 0 Å². The number of benzene rings is 2. The summed E-state index contributed by atoms with van der Waals surface area (Å²) in [5.74, 6) is 0.342. The van der Waals surface area contributed by atoms with E-state index < -0.39 is 0 Å². The highest BCUT2D eigenvalue weighted by Crippen LogP contribution is 2.29. The van der Waals surface area contributed by atoms with Gasteiger partial charge in [0.25, 0.3) is 0 Å². The van der Waals surface area contributed by atoms with Gasteiger partial charge >= 0.3 is 0 Å². The van der Waals surface area contributed by atoms with E-state index in [0.29, 0.717) is 5.92 Å². The van der Waals surface area contributed by atoms with Gasteiger partial charge in [-0.2, -0.15) is 0 Å². The van der Waals surface area contributed by atoms with Gasteiger partial charge in [0.15, 0.2) is 0 Å². The van der Waals surface area contributed by atoms with Crippen LogP contribution < -0.4 is 0 Å². The summed E-state index contributed by atoms with van der Waals surface area (Å²) >= 11 is 1.66. The highest BCUT2D eigenvalue weighted by Gasteiger charge is 2.02. The molecule has 0 aliphatic rings. The summed E-state index contributed by atoms with van der Waals surface area (Å²) in [7, 11) is 0. The minimum absolute atomic E-state index is 0.190. The fourth-order valence-corrected chi connectivity index (χ4v) is 2.46. The number of hydrogen-bond donors (Lipinski definition) is 0. The fraction of sp³-hybridized carbons (Fsp3) is 0.200. The first-order valence-electron chi connectivity index (χ1n) is 5.68. The fourth-order valence-electron chi connectivity index (χ4n) is 1.58. The Hall–Kier alpha value is -1.28. The molecular weight excluding hydrogens is 231 g/mol. The molecule has 0 spiro atoms. The van der Waals surface area contributed by atoms with Crippen LogP contribution in [0.2, 0.25) is 0 Å². The van der Waals surface area contributed by atoms with E-state index in [1.54, 1.807) is 11.8 Å². The van der Waals surface area contributed by atoms with Gasteiger partial charge in [0.1, 0.15) is 5.82 Å². The van der Waals surface area contributed by atoms with Crippen LogP contribution in [0.5, 0.6) is 0 Å². The zero-order chi connectivity index (χ0) is 12.3. The molecule has 0 heterocycles. The van der Waals surface area contributed by atoms with Gasteiger partial charge in [-0.25, -0.2) is 4.39 Å². The normalized spacial score (nSPS) is 10.8. The molecule has 0 N–H and O–H groups in total. The molecule has 0 aliphatic carbocycles. The van der Waals surface area contributed by atoms with Crippen molar-refractivity contribution in [3.63, 3.8) is 0 Å². The minimum atomic E-state index is -0.190. The van der Waals surface area contributed by atoms with Crippen molar-refractivity contribution in [2.45, 2.75) is 29.6 Å². The standard InChI is InChI=1S/C15H15FS/c1-11(2)12-4-3-5-15(10-12)17-14-8-6-13(16)7-9-14/h3-11H,1-2H3. The third-order valence-corrected chi connectivity index (χ3v) is 3.57. The summed E-state index contributed by atoms with van der Waals surface area (Å²) in [6.45, 7) is 4.36. The molecule has 2 aromatic rings. The van der Waals surface area contributed by atoms with Gasteiger partial charge in [-0.05, 0) is 47.9 Å². The van der Waals surface area contributed by atoms with E-state index in [0.717, 1.165) is 4.90 Å². The van der Waals surface area contributed by atoms with Crippen molar-refractivity contribution in [1.29, 1.82) is 0 Å². The molecule has 0 nitrogen and oxygen atoms in total. The smallest absolute Gasteiger partial charge is 0.123 e. The average Bonchev–Trinajstić information content (AvgIpc) is 2.32. The number of rotatable bonds is 3. The third kappa shape index (κ3) is 3.34. The zero-order valence-corrected chi connectivity index (χ0v) is 10.8. The molecule has 0 bridgehead atoms. The van der Waals surface area contributed by atoms with E-state index in [4.69, 9.17) is 0 Å². The van der Waals surface area contributed by atoms with Crippen molar-refractivity contribution in [1.82, 2.24) is 0 Å². The lowest BCUT2D eigenvalue weighted by molar-refractivity contribution is 0.626. The van der Waals surface area contributed by atoms with E-state index in [9.17, 15) is 4.39 Å². The van der Waals surface area contributed by atoms with Gasteiger partial charge < -0.3 is 0 Å². The van der Waals surface area contributed by atoms with E-state index in [1.165, 1.54) is 22.6 Å². The molecule has 0 saturated carbocycles. The first-order valence-corrected chi connectivity index (χ1v) is 6.50. The van der Waals surface area contributed by atoms with Crippen LogP contribution in [0.3, 0.4) is 0 Å². The molecule has 0 saturated heterocycles. The van der Waals surface area contributed by atoms with E-state index in [1.807, 2.05) is 12.1 Å². The lowest BCUT2D eigenvalue weighted by Crippen LogP contribution is -1.86. The Morgan fingerprint density at radius 2 is 1.65 bits per heavy atom. The maximum atomic E-state index is 12.8. The van der Waals surface area contributed by atoms with Crippen molar-refractivity contribution in [3.05, 3.63) is 59.9 Å². The van der Waals surface area contributed by atoms with Crippen LogP contribution in [0.25, 0.3) is 0 Å². The second-order valence-electron chi connectivity index (χ2n) is 4.28. The molecule has 0 fully saturated rings. The van der Waals surface area contributed by atoms with E-state index >= 15 is 0 Å². The van der Waals surface area contributed by atoms with Crippen LogP contribution in [-0.4, -0.2) is 0 Å². The van der Waals surface area contributed by atoms with Crippen LogP contribution in [-0.2, 0) is 0 Å². The maximum absolute atomic E-state index is 12.8. The third-order valence-electron chi connectivity index (χ3n) is 2.57. The molecule has 0 aromatic heterocycles. The molecule has 2 heteroatoms. The first-order chi connectivity index (χ1) is 8.15. The summed E-state index contributed by atoms with van der Waals surface area (Å²) in [5.41, 5.74) is 1.33. The Balaban J connectivity index is 2.18. The highest BCUT2D eigenvalue weighted by molar-refractivity contribution is 7.99. The molecule has 0 radical (unpaired) electrons. The average molecular weight is 246 g/mol. The van der Waals surface area contributed by atoms with Crippen molar-refractivity contribution >= 4 is 11.8 Å². The molecule has 88 valence electrons. The molecule has 0 aliphatic heterocycles. The van der Waals surface area contributed by atoms with Crippen LogP contribution in [0, 0.1) is 5.82 Å². The Kier molecular flexibility index (Phi) is 3.85. The molecule has 2 aromatic carbocycles. The van der Waals surface area contributed by atoms with Crippen LogP contribution in [0.1, 0.15) is 25.3 Å². The lowest BCUT2D eigenvalue weighted by Gasteiger charge is -2.07. The maximum Gasteiger partial charge on any atom is 0.123 e. The van der Waals surface area contributed by atoms with Crippen LogP contribution in [0.15, 0.2) is 58.3 Å². The van der Waals surface area contributed by atoms with Gasteiger partial charge in [-0.3, -0.25) is 0 Å². The highest BCUT2D eigenvalue weighted by atomic mass is 32.2. The molecule has 0 amide bonds. The molecular formula is C15H15FS. The summed E-state index contributed by atoms with van der Waals surface area (Å²) < 4.78 is 12.8. The zero-order valence-electron chi connectivity index (χ0n) is 9.98. The van der Waals surface area contributed by atoms with Crippen LogP contribution >= 0.6 is 11.8 Å². The van der Waals surface area contributed by atoms with Gasteiger partial charge in [-0.1, -0.05) is 37.7 Å². The molecule has 2 rings (SSSR count). The first kappa shape index (κ1) is 12.2. The summed E-state index contributed by atoms with van der Waals surface area (Å²) in [6.07, 6.45) is 0. The largest absolute Gasteiger partial charge is 0.207 e. The second kappa shape index (κ2) is 5.37. The SMILES string of the molecule is CC(C)c1cccc(Sc2ccc(F)cc2)c1. The van der Waals surface area contributed by atoms with Gasteiger partial charge in [0, 0.05) is 9.79 Å². The van der Waals surface area contributed by atoms with Gasteiger partial charge in [-0.15, -0.1) is 0 Å². The number of hydrogen-bond acceptors (Lipinski definition) is 1. The Bertz CT molecular complexity index is 489. The van der Waals surface area contributed by atoms with Crippen LogP contribution in [0.4, 0.5) is 4.39 Å². The topological polar surface area (TPSA) is 0 Å². The Labute approximate surface area is 106 Å². The molecule has 17 heavy (non-hydrogen) atoms. The molecule has 0 atom stereocenters. The quantitative estimate of drug-likeness (QED) is 0.726. The van der Waals surface area contributed by atoms with Crippen molar-refractivity contribution < 1.29 is 4.39 Å². The summed E-state index contributed by atoms with van der Waals surface area (Å²) in [4.78, 5) is 2.26. The Morgan fingerprint density at radius 3 is 2.29 bits per heavy atom. The monoisotopic (exact) mass is 246 g/mol. The van der Waals surface area contributed by atoms with Crippen molar-refractivity contribution in [2.24, 2.45) is 0 Å². The van der Waals surface area contributed by atoms with E-state index in [-0.39, 0.29) is 5.82 Å². The van der Waals surface area contributed by atoms with Gasteiger partial charge in [0.2, 0.25) is 0 Å². The summed E-state index contributed by atoms with van der Waals surface area (Å²) in [6, 6.07) is 15.1. The lowest BCUT2D eigenvalue weighted by atomic mass is 10.0. The predicted molar refractivity (Wildman–Crippen MR) is 71.1 cm³/mol. The van der Waals surface area contributed by atoms with E-state index in [2.05, 4.69) is 38.1 Å². The van der Waals surface area contributed by atoms with Gasteiger partial charge in [0.05, 0.1) is 0 Å². The minimum Gasteiger partial charge on any atom is -0.207 e. The van der Waals surface area contributed by atoms with Crippen molar-refractivity contribution in [2.75, 3.05) is 0 Å².